The lowest BCUT2D eigenvalue weighted by atomic mass is 9.79. The van der Waals surface area contributed by atoms with Crippen molar-refractivity contribution in [3.63, 3.8) is 0 Å². The second-order valence-corrected chi connectivity index (χ2v) is 6.97. The van der Waals surface area contributed by atoms with E-state index in [0.717, 1.165) is 30.9 Å². The topological polar surface area (TPSA) is 47.3 Å². The van der Waals surface area contributed by atoms with Crippen LogP contribution in [0.3, 0.4) is 0 Å². The number of nitrogens with one attached hydrogen (secondary N) is 1. The molecule has 21 heavy (non-hydrogen) atoms. The van der Waals surface area contributed by atoms with Gasteiger partial charge in [-0.2, -0.15) is 0 Å². The minimum absolute atomic E-state index is 0.137. The van der Waals surface area contributed by atoms with Crippen molar-refractivity contribution < 1.29 is 4.74 Å². The number of hydrazine groups is 1. The van der Waals surface area contributed by atoms with Crippen molar-refractivity contribution in [2.45, 2.75) is 56.6 Å². The van der Waals surface area contributed by atoms with E-state index in [1.165, 1.54) is 31.2 Å². The molecule has 2 atom stereocenters. The highest BCUT2D eigenvalue weighted by molar-refractivity contribution is 6.31. The Morgan fingerprint density at radius 2 is 2.10 bits per heavy atom. The Hall–Kier alpha value is -0.610. The van der Waals surface area contributed by atoms with E-state index in [0.29, 0.717) is 5.92 Å². The average Bonchev–Trinajstić information content (AvgIpc) is 2.94. The van der Waals surface area contributed by atoms with Crippen molar-refractivity contribution in [1.29, 1.82) is 0 Å². The van der Waals surface area contributed by atoms with Crippen LogP contribution in [0.5, 0.6) is 0 Å². The zero-order chi connectivity index (χ0) is 14.7. The Morgan fingerprint density at radius 3 is 2.81 bits per heavy atom. The number of nitrogens with two attached hydrogens (primary N) is 1. The van der Waals surface area contributed by atoms with Crippen LogP contribution in [-0.4, -0.2) is 18.2 Å². The molecule has 1 aromatic carbocycles. The zero-order valence-corrected chi connectivity index (χ0v) is 13.2. The monoisotopic (exact) mass is 308 g/mol. The first-order valence-corrected chi connectivity index (χ1v) is 8.44. The van der Waals surface area contributed by atoms with Gasteiger partial charge < -0.3 is 4.74 Å². The van der Waals surface area contributed by atoms with Gasteiger partial charge in [0, 0.05) is 17.7 Å². The summed E-state index contributed by atoms with van der Waals surface area (Å²) >= 11 is 6.29. The van der Waals surface area contributed by atoms with Gasteiger partial charge in [0.05, 0.1) is 5.60 Å². The molecule has 3 N–H and O–H groups in total. The van der Waals surface area contributed by atoms with Crippen LogP contribution in [0.2, 0.25) is 5.02 Å². The summed E-state index contributed by atoms with van der Waals surface area (Å²) in [5.41, 5.74) is 4.35. The minimum Gasteiger partial charge on any atom is -0.375 e. The van der Waals surface area contributed by atoms with Gasteiger partial charge in [-0.15, -0.1) is 0 Å². The van der Waals surface area contributed by atoms with E-state index >= 15 is 0 Å². The first kappa shape index (κ1) is 15.3. The van der Waals surface area contributed by atoms with Crippen LogP contribution in [0.4, 0.5) is 0 Å². The molecule has 1 aliphatic heterocycles. The molecule has 4 heteroatoms. The number of hydrogen-bond acceptors (Lipinski definition) is 3. The molecule has 2 unspecified atom stereocenters. The second kappa shape index (κ2) is 6.66. The SMILES string of the molecule is NNC(Cc1ccccc1Cl)C1CCOC2(CCCC2)C1. The zero-order valence-electron chi connectivity index (χ0n) is 12.5. The first-order chi connectivity index (χ1) is 10.2. The van der Waals surface area contributed by atoms with Crippen LogP contribution < -0.4 is 11.3 Å². The van der Waals surface area contributed by atoms with Crippen LogP contribution in [0, 0.1) is 5.92 Å². The van der Waals surface area contributed by atoms with E-state index in [1.807, 2.05) is 18.2 Å². The van der Waals surface area contributed by atoms with Gasteiger partial charge in [-0.05, 0) is 49.7 Å². The van der Waals surface area contributed by atoms with Crippen molar-refractivity contribution in [1.82, 2.24) is 5.43 Å². The van der Waals surface area contributed by atoms with Gasteiger partial charge in [-0.1, -0.05) is 42.6 Å². The number of hydrogen-bond donors (Lipinski definition) is 2. The molecule has 1 saturated heterocycles. The van der Waals surface area contributed by atoms with Crippen molar-refractivity contribution in [2.24, 2.45) is 11.8 Å². The normalized spacial score (nSPS) is 26.1. The number of ether oxygens (including phenoxy) is 1. The Balaban J connectivity index is 1.69. The maximum Gasteiger partial charge on any atom is 0.0685 e. The number of benzene rings is 1. The van der Waals surface area contributed by atoms with E-state index in [4.69, 9.17) is 22.2 Å². The summed E-state index contributed by atoms with van der Waals surface area (Å²) in [7, 11) is 0. The summed E-state index contributed by atoms with van der Waals surface area (Å²) in [6, 6.07) is 8.33. The summed E-state index contributed by atoms with van der Waals surface area (Å²) in [5, 5.41) is 0.834. The van der Waals surface area contributed by atoms with Gasteiger partial charge in [0.1, 0.15) is 0 Å². The second-order valence-electron chi connectivity index (χ2n) is 6.56. The molecule has 3 nitrogen and oxygen atoms in total. The highest BCUT2D eigenvalue weighted by Gasteiger charge is 2.41. The average molecular weight is 309 g/mol. The summed E-state index contributed by atoms with van der Waals surface area (Å²) in [6.07, 6.45) is 8.14. The van der Waals surface area contributed by atoms with E-state index in [9.17, 15) is 0 Å². The largest absolute Gasteiger partial charge is 0.375 e. The summed E-state index contributed by atoms with van der Waals surface area (Å²) < 4.78 is 6.13. The molecule has 3 rings (SSSR count). The Morgan fingerprint density at radius 1 is 1.33 bits per heavy atom. The van der Waals surface area contributed by atoms with Crippen LogP contribution in [0.15, 0.2) is 24.3 Å². The molecule has 0 aromatic heterocycles. The molecule has 0 amide bonds. The molecule has 1 aromatic rings. The predicted molar refractivity (Wildman–Crippen MR) is 86.1 cm³/mol. The molecule has 1 spiro atoms. The Kier molecular flexibility index (Phi) is 4.85. The highest BCUT2D eigenvalue weighted by Crippen LogP contribution is 2.43. The smallest absolute Gasteiger partial charge is 0.0685 e. The summed E-state index contributed by atoms with van der Waals surface area (Å²) in [5.74, 6) is 6.42. The highest BCUT2D eigenvalue weighted by atomic mass is 35.5. The molecule has 1 heterocycles. The third-order valence-corrected chi connectivity index (χ3v) is 5.60. The number of halogens is 1. The lowest BCUT2D eigenvalue weighted by Gasteiger charge is -2.41. The van der Waals surface area contributed by atoms with Gasteiger partial charge in [-0.25, -0.2) is 0 Å². The van der Waals surface area contributed by atoms with Gasteiger partial charge in [0.25, 0.3) is 0 Å². The molecule has 0 bridgehead atoms. The fourth-order valence-corrected chi connectivity index (χ4v) is 4.25. The van der Waals surface area contributed by atoms with E-state index < -0.39 is 0 Å². The van der Waals surface area contributed by atoms with Crippen LogP contribution >= 0.6 is 11.6 Å². The minimum atomic E-state index is 0.137. The molecule has 116 valence electrons. The third kappa shape index (κ3) is 3.42. The fourth-order valence-electron chi connectivity index (χ4n) is 4.04. The van der Waals surface area contributed by atoms with Crippen LogP contribution in [0.25, 0.3) is 0 Å². The van der Waals surface area contributed by atoms with E-state index in [-0.39, 0.29) is 11.6 Å². The molecule has 0 radical (unpaired) electrons. The maximum atomic E-state index is 6.29. The fraction of sp³-hybridized carbons (Fsp3) is 0.647. The van der Waals surface area contributed by atoms with Gasteiger partial charge in [-0.3, -0.25) is 11.3 Å². The van der Waals surface area contributed by atoms with Gasteiger partial charge in [0.15, 0.2) is 0 Å². The van der Waals surface area contributed by atoms with Crippen molar-refractivity contribution >= 4 is 11.6 Å². The molecule has 2 fully saturated rings. The summed E-state index contributed by atoms with van der Waals surface area (Å²) in [6.45, 7) is 0.866. The van der Waals surface area contributed by atoms with Crippen molar-refractivity contribution in [2.75, 3.05) is 6.61 Å². The van der Waals surface area contributed by atoms with E-state index in [1.54, 1.807) is 0 Å². The van der Waals surface area contributed by atoms with Crippen LogP contribution in [-0.2, 0) is 11.2 Å². The molecule has 1 aliphatic carbocycles. The molecular weight excluding hydrogens is 284 g/mol. The molecule has 2 aliphatic rings. The lowest BCUT2D eigenvalue weighted by Crippen LogP contribution is -2.48. The summed E-state index contributed by atoms with van der Waals surface area (Å²) in [4.78, 5) is 0. The number of rotatable bonds is 4. The maximum absolute atomic E-state index is 6.29. The quantitative estimate of drug-likeness (QED) is 0.661. The van der Waals surface area contributed by atoms with Crippen molar-refractivity contribution in [3.8, 4) is 0 Å². The molecule has 1 saturated carbocycles. The first-order valence-electron chi connectivity index (χ1n) is 8.06. The Bertz CT molecular complexity index is 474. The standard InChI is InChI=1S/C17H25ClN2O/c18-15-6-2-1-5-13(15)11-16(20-19)14-7-10-21-17(12-14)8-3-4-9-17/h1-2,5-6,14,16,20H,3-4,7-12,19H2. The van der Waals surface area contributed by atoms with Crippen molar-refractivity contribution in [3.05, 3.63) is 34.9 Å². The van der Waals surface area contributed by atoms with E-state index in [2.05, 4.69) is 11.5 Å². The third-order valence-electron chi connectivity index (χ3n) is 5.23. The molecular formula is C17H25ClN2O. The van der Waals surface area contributed by atoms with Gasteiger partial charge in [0.2, 0.25) is 0 Å². The van der Waals surface area contributed by atoms with Crippen LogP contribution in [0.1, 0.15) is 44.1 Å². The lowest BCUT2D eigenvalue weighted by molar-refractivity contribution is -0.0978. The predicted octanol–water partition coefficient (Wildman–Crippen LogP) is 3.45. The van der Waals surface area contributed by atoms with Gasteiger partial charge >= 0.3 is 0 Å². The Labute approximate surface area is 132 Å².